The Hall–Kier alpha value is -2.74. The van der Waals surface area contributed by atoms with E-state index in [1.807, 2.05) is 28.8 Å². The molecule has 21 heavy (non-hydrogen) atoms. The average Bonchev–Trinajstić information content (AvgIpc) is 3.10. The molecule has 1 atom stereocenters. The summed E-state index contributed by atoms with van der Waals surface area (Å²) in [5, 5.41) is 9.15. The van der Waals surface area contributed by atoms with Crippen molar-refractivity contribution in [3.05, 3.63) is 47.9 Å². The van der Waals surface area contributed by atoms with Gasteiger partial charge in [0, 0.05) is 12.5 Å². The number of fused-ring (bicyclic) bond motifs is 1. The molecule has 0 aliphatic rings. The number of rotatable bonds is 4. The van der Waals surface area contributed by atoms with Crippen molar-refractivity contribution in [3.63, 3.8) is 0 Å². The van der Waals surface area contributed by atoms with Crippen LogP contribution in [0.15, 0.2) is 41.0 Å². The van der Waals surface area contributed by atoms with Crippen molar-refractivity contribution in [3.8, 4) is 6.07 Å². The molecule has 5 heteroatoms. The highest BCUT2D eigenvalue weighted by atomic mass is 16.3. The first-order valence-electron chi connectivity index (χ1n) is 6.89. The first-order chi connectivity index (χ1) is 10.2. The minimum atomic E-state index is 0.175. The van der Waals surface area contributed by atoms with E-state index in [4.69, 9.17) is 15.4 Å². The monoisotopic (exact) mass is 280 g/mol. The fraction of sp³-hybridized carbons (Fsp3) is 0.250. The third kappa shape index (κ3) is 2.36. The second kappa shape index (κ2) is 5.33. The molecule has 0 spiro atoms. The van der Waals surface area contributed by atoms with Crippen LogP contribution in [0.3, 0.4) is 0 Å². The van der Waals surface area contributed by atoms with E-state index in [1.54, 1.807) is 12.3 Å². The molecular formula is C16H16N4O. The van der Waals surface area contributed by atoms with Crippen molar-refractivity contribution in [2.24, 2.45) is 0 Å². The summed E-state index contributed by atoms with van der Waals surface area (Å²) in [7, 11) is 0. The minimum absolute atomic E-state index is 0.175. The van der Waals surface area contributed by atoms with Crippen molar-refractivity contribution in [2.75, 3.05) is 5.73 Å². The Morgan fingerprint density at radius 1 is 1.38 bits per heavy atom. The number of nitrogen functional groups attached to an aromatic ring is 1. The quantitative estimate of drug-likeness (QED) is 0.795. The number of aryl methyl sites for hydroxylation is 1. The maximum Gasteiger partial charge on any atom is 0.201 e. The Labute approximate surface area is 122 Å². The van der Waals surface area contributed by atoms with Crippen LogP contribution in [0.25, 0.3) is 11.0 Å². The van der Waals surface area contributed by atoms with Gasteiger partial charge in [-0.15, -0.1) is 0 Å². The first kappa shape index (κ1) is 13.3. The number of aromatic nitrogens is 2. The molecule has 2 N–H and O–H groups in total. The van der Waals surface area contributed by atoms with E-state index in [0.29, 0.717) is 17.0 Å². The van der Waals surface area contributed by atoms with E-state index >= 15 is 0 Å². The number of imidazole rings is 1. The van der Waals surface area contributed by atoms with E-state index in [9.17, 15) is 0 Å². The van der Waals surface area contributed by atoms with Crippen molar-refractivity contribution in [2.45, 2.75) is 25.8 Å². The summed E-state index contributed by atoms with van der Waals surface area (Å²) in [4.78, 5) is 4.34. The fourth-order valence-corrected chi connectivity index (χ4v) is 2.62. The average molecular weight is 280 g/mol. The Morgan fingerprint density at radius 2 is 2.24 bits per heavy atom. The van der Waals surface area contributed by atoms with Crippen LogP contribution in [-0.4, -0.2) is 9.55 Å². The third-order valence-electron chi connectivity index (χ3n) is 3.70. The van der Waals surface area contributed by atoms with Crippen LogP contribution >= 0.6 is 0 Å². The highest BCUT2D eigenvalue weighted by Gasteiger charge is 2.16. The number of hydrogen-bond donors (Lipinski definition) is 1. The van der Waals surface area contributed by atoms with Crippen molar-refractivity contribution in [1.82, 2.24) is 9.55 Å². The molecule has 1 aromatic carbocycles. The van der Waals surface area contributed by atoms with Gasteiger partial charge in [-0.2, -0.15) is 5.26 Å². The molecule has 0 aliphatic heterocycles. The lowest BCUT2D eigenvalue weighted by atomic mass is 10.1. The van der Waals surface area contributed by atoms with Gasteiger partial charge >= 0.3 is 0 Å². The number of para-hydroxylation sites is 1. The first-order valence-corrected chi connectivity index (χ1v) is 6.89. The Kier molecular flexibility index (Phi) is 3.36. The zero-order valence-electron chi connectivity index (χ0n) is 11.8. The molecule has 0 amide bonds. The predicted octanol–water partition coefficient (Wildman–Crippen LogP) is 3.28. The Balaban J connectivity index is 1.92. The predicted molar refractivity (Wildman–Crippen MR) is 80.6 cm³/mol. The van der Waals surface area contributed by atoms with Gasteiger partial charge in [0.25, 0.3) is 0 Å². The topological polar surface area (TPSA) is 80.8 Å². The summed E-state index contributed by atoms with van der Waals surface area (Å²) < 4.78 is 7.34. The normalized spacial score (nSPS) is 12.4. The number of anilines is 1. The number of hydrogen-bond acceptors (Lipinski definition) is 4. The number of furan rings is 1. The van der Waals surface area contributed by atoms with Gasteiger partial charge in [0.1, 0.15) is 17.3 Å². The molecule has 0 saturated carbocycles. The van der Waals surface area contributed by atoms with Crippen LogP contribution in [-0.2, 0) is 6.42 Å². The summed E-state index contributed by atoms with van der Waals surface area (Å²) in [6.07, 6.45) is 3.41. The molecule has 0 radical (unpaired) electrons. The lowest BCUT2D eigenvalue weighted by Gasteiger charge is -2.15. The van der Waals surface area contributed by atoms with Gasteiger partial charge in [-0.25, -0.2) is 4.98 Å². The minimum Gasteiger partial charge on any atom is -0.469 e. The van der Waals surface area contributed by atoms with Gasteiger partial charge in [-0.05, 0) is 37.6 Å². The smallest absolute Gasteiger partial charge is 0.201 e. The number of nitrogens with two attached hydrogens (primary N) is 1. The molecule has 2 aromatic heterocycles. The Morgan fingerprint density at radius 3 is 2.95 bits per heavy atom. The highest BCUT2D eigenvalue weighted by Crippen LogP contribution is 2.27. The molecule has 0 saturated heterocycles. The van der Waals surface area contributed by atoms with Crippen molar-refractivity contribution >= 4 is 17.0 Å². The molecule has 2 heterocycles. The van der Waals surface area contributed by atoms with E-state index in [1.165, 1.54) is 0 Å². The fourth-order valence-electron chi connectivity index (χ4n) is 2.62. The molecule has 3 aromatic rings. The van der Waals surface area contributed by atoms with Gasteiger partial charge in [0.05, 0.1) is 17.3 Å². The van der Waals surface area contributed by atoms with Crippen molar-refractivity contribution < 1.29 is 4.42 Å². The molecule has 0 bridgehead atoms. The number of nitriles is 1. The molecule has 106 valence electrons. The molecule has 3 rings (SSSR count). The van der Waals surface area contributed by atoms with E-state index in [0.717, 1.165) is 24.1 Å². The lowest BCUT2D eigenvalue weighted by molar-refractivity contribution is 0.460. The van der Waals surface area contributed by atoms with Crippen LogP contribution in [0.2, 0.25) is 0 Å². The zero-order chi connectivity index (χ0) is 14.8. The van der Waals surface area contributed by atoms with Gasteiger partial charge < -0.3 is 14.7 Å². The maximum absolute atomic E-state index is 9.15. The van der Waals surface area contributed by atoms with Crippen molar-refractivity contribution in [1.29, 1.82) is 5.26 Å². The maximum atomic E-state index is 9.15. The van der Waals surface area contributed by atoms with Crippen LogP contribution in [0.4, 0.5) is 5.95 Å². The van der Waals surface area contributed by atoms with Gasteiger partial charge in [0.15, 0.2) is 0 Å². The number of nitrogens with zero attached hydrogens (tertiary/aromatic N) is 3. The summed E-state index contributed by atoms with van der Waals surface area (Å²) in [5.41, 5.74) is 8.17. The van der Waals surface area contributed by atoms with Gasteiger partial charge in [0.2, 0.25) is 5.95 Å². The van der Waals surface area contributed by atoms with Crippen LogP contribution in [0.1, 0.15) is 30.7 Å². The van der Waals surface area contributed by atoms with E-state index < -0.39 is 0 Å². The summed E-state index contributed by atoms with van der Waals surface area (Å²) >= 11 is 0. The van der Waals surface area contributed by atoms with Crippen LogP contribution in [0.5, 0.6) is 0 Å². The lowest BCUT2D eigenvalue weighted by Crippen LogP contribution is -2.09. The molecule has 0 fully saturated rings. The number of benzene rings is 1. The summed E-state index contributed by atoms with van der Waals surface area (Å²) in [6.45, 7) is 2.10. The standard InChI is InChI=1S/C16H16N4O/c1-11(7-8-13-5-3-9-21-13)20-14-6-2-4-12(10-17)15(14)19-16(20)18/h2-6,9,11H,7-8H2,1H3,(H2,18,19). The summed E-state index contributed by atoms with van der Waals surface area (Å²) in [5.74, 6) is 1.40. The second-order valence-corrected chi connectivity index (χ2v) is 5.09. The SMILES string of the molecule is CC(CCc1ccco1)n1c(N)nc2c(C#N)cccc21. The van der Waals surface area contributed by atoms with E-state index in [-0.39, 0.29) is 6.04 Å². The molecule has 1 unspecified atom stereocenters. The van der Waals surface area contributed by atoms with Gasteiger partial charge in [-0.1, -0.05) is 6.07 Å². The molecule has 0 aliphatic carbocycles. The summed E-state index contributed by atoms with van der Waals surface area (Å²) in [6, 6.07) is 11.8. The van der Waals surface area contributed by atoms with E-state index in [2.05, 4.69) is 18.0 Å². The third-order valence-corrected chi connectivity index (χ3v) is 3.70. The Bertz CT molecular complexity index is 796. The van der Waals surface area contributed by atoms with Gasteiger partial charge in [-0.3, -0.25) is 0 Å². The molecular weight excluding hydrogens is 264 g/mol. The zero-order valence-corrected chi connectivity index (χ0v) is 11.8. The second-order valence-electron chi connectivity index (χ2n) is 5.09. The molecule has 5 nitrogen and oxygen atoms in total. The van der Waals surface area contributed by atoms with Crippen LogP contribution < -0.4 is 5.73 Å². The highest BCUT2D eigenvalue weighted by molar-refractivity contribution is 5.84. The largest absolute Gasteiger partial charge is 0.469 e. The van der Waals surface area contributed by atoms with Crippen LogP contribution in [0, 0.1) is 11.3 Å².